The van der Waals surface area contributed by atoms with Crippen LogP contribution in [0.25, 0.3) is 0 Å². The molecule has 0 aliphatic carbocycles. The minimum atomic E-state index is 0.0239. The lowest BCUT2D eigenvalue weighted by atomic mass is 10.1. The molecule has 1 aromatic carbocycles. The molecule has 3 N–H and O–H groups in total. The van der Waals surface area contributed by atoms with Crippen molar-refractivity contribution in [1.29, 1.82) is 5.41 Å². The lowest BCUT2D eigenvalue weighted by molar-refractivity contribution is 0.829. The normalized spacial score (nSPS) is 13.4. The second kappa shape index (κ2) is 4.10. The Kier molecular flexibility index (Phi) is 2.44. The number of hydrogen-bond donors (Lipinski definition) is 2. The fourth-order valence-electron chi connectivity index (χ4n) is 2.25. The summed E-state index contributed by atoms with van der Waals surface area (Å²) < 4.78 is 0. The van der Waals surface area contributed by atoms with Crippen LogP contribution in [0.4, 0.5) is 5.82 Å². The fraction of sp³-hybridized carbons (Fsp3) is 0.154. The van der Waals surface area contributed by atoms with Gasteiger partial charge in [-0.3, -0.25) is 5.41 Å². The van der Waals surface area contributed by atoms with E-state index < -0.39 is 0 Å². The molecule has 90 valence electrons. The van der Waals surface area contributed by atoms with Gasteiger partial charge < -0.3 is 10.6 Å². The zero-order valence-electron chi connectivity index (χ0n) is 9.80. The van der Waals surface area contributed by atoms with E-state index in [1.54, 1.807) is 12.3 Å². The number of aromatic nitrogens is 2. The number of nitrogens with two attached hydrogens (primary N) is 1. The number of rotatable bonds is 2. The Balaban J connectivity index is 1.98. The van der Waals surface area contributed by atoms with Crippen LogP contribution >= 0.6 is 0 Å². The first kappa shape index (κ1) is 10.7. The second-order valence-corrected chi connectivity index (χ2v) is 4.31. The highest BCUT2D eigenvalue weighted by atomic mass is 15.3. The SMILES string of the molecule is N=C(N)c1ccnnc1N1Cc2ccccc2C1. The summed E-state index contributed by atoms with van der Waals surface area (Å²) in [5.74, 6) is 0.706. The van der Waals surface area contributed by atoms with Gasteiger partial charge in [0.15, 0.2) is 5.82 Å². The number of anilines is 1. The van der Waals surface area contributed by atoms with Crippen molar-refractivity contribution in [3.05, 3.63) is 53.2 Å². The number of amidine groups is 1. The van der Waals surface area contributed by atoms with Crippen LogP contribution in [-0.2, 0) is 13.1 Å². The van der Waals surface area contributed by atoms with E-state index in [4.69, 9.17) is 11.1 Å². The van der Waals surface area contributed by atoms with Crippen molar-refractivity contribution in [2.24, 2.45) is 5.73 Å². The number of nitrogens with one attached hydrogen (secondary N) is 1. The Morgan fingerprint density at radius 3 is 2.44 bits per heavy atom. The van der Waals surface area contributed by atoms with Gasteiger partial charge in [-0.25, -0.2) is 0 Å². The predicted octanol–water partition coefficient (Wildman–Crippen LogP) is 1.28. The molecule has 0 saturated carbocycles. The predicted molar refractivity (Wildman–Crippen MR) is 69.4 cm³/mol. The lowest BCUT2D eigenvalue weighted by Gasteiger charge is -2.18. The monoisotopic (exact) mass is 239 g/mol. The summed E-state index contributed by atoms with van der Waals surface area (Å²) in [6.45, 7) is 1.57. The van der Waals surface area contributed by atoms with Crippen molar-refractivity contribution < 1.29 is 0 Å². The third kappa shape index (κ3) is 1.69. The summed E-state index contributed by atoms with van der Waals surface area (Å²) in [5, 5.41) is 15.6. The first-order valence-corrected chi connectivity index (χ1v) is 5.73. The molecule has 0 bridgehead atoms. The van der Waals surface area contributed by atoms with Crippen LogP contribution in [0.3, 0.4) is 0 Å². The summed E-state index contributed by atoms with van der Waals surface area (Å²) in [7, 11) is 0. The highest BCUT2D eigenvalue weighted by Crippen LogP contribution is 2.28. The molecule has 1 aliphatic rings. The van der Waals surface area contributed by atoms with Crippen LogP contribution in [0.2, 0.25) is 0 Å². The van der Waals surface area contributed by atoms with Crippen LogP contribution in [0, 0.1) is 5.41 Å². The summed E-state index contributed by atoms with van der Waals surface area (Å²) in [4.78, 5) is 2.09. The molecule has 0 radical (unpaired) electrons. The molecular formula is C13H13N5. The molecule has 2 heterocycles. The largest absolute Gasteiger partial charge is 0.384 e. The highest BCUT2D eigenvalue weighted by molar-refractivity contribution is 5.99. The van der Waals surface area contributed by atoms with Crippen molar-refractivity contribution in [1.82, 2.24) is 10.2 Å². The fourth-order valence-corrected chi connectivity index (χ4v) is 2.25. The van der Waals surface area contributed by atoms with E-state index in [0.717, 1.165) is 13.1 Å². The zero-order chi connectivity index (χ0) is 12.5. The number of benzene rings is 1. The maximum absolute atomic E-state index is 7.58. The molecule has 18 heavy (non-hydrogen) atoms. The molecule has 3 rings (SSSR count). The maximum Gasteiger partial charge on any atom is 0.162 e. The zero-order valence-corrected chi connectivity index (χ0v) is 9.80. The van der Waals surface area contributed by atoms with Crippen molar-refractivity contribution in [3.63, 3.8) is 0 Å². The minimum absolute atomic E-state index is 0.0239. The van der Waals surface area contributed by atoms with Crippen LogP contribution < -0.4 is 10.6 Å². The third-order valence-electron chi connectivity index (χ3n) is 3.13. The standard InChI is InChI=1S/C13H13N5/c14-12(15)11-5-6-16-17-13(11)18-7-9-3-1-2-4-10(9)8-18/h1-6H,7-8H2,(H3,14,15). The minimum Gasteiger partial charge on any atom is -0.384 e. The highest BCUT2D eigenvalue weighted by Gasteiger charge is 2.22. The first-order valence-electron chi connectivity index (χ1n) is 5.73. The second-order valence-electron chi connectivity index (χ2n) is 4.31. The summed E-state index contributed by atoms with van der Waals surface area (Å²) in [5.41, 5.74) is 8.79. The van der Waals surface area contributed by atoms with Crippen LogP contribution in [0.5, 0.6) is 0 Å². The van der Waals surface area contributed by atoms with Crippen LogP contribution in [0.1, 0.15) is 16.7 Å². The van der Waals surface area contributed by atoms with E-state index in [1.165, 1.54) is 11.1 Å². The Labute approximate surface area is 105 Å². The van der Waals surface area contributed by atoms with Crippen molar-refractivity contribution >= 4 is 11.7 Å². The Morgan fingerprint density at radius 2 is 1.83 bits per heavy atom. The average molecular weight is 239 g/mol. The first-order chi connectivity index (χ1) is 8.75. The maximum atomic E-state index is 7.58. The molecular weight excluding hydrogens is 226 g/mol. The molecule has 0 unspecified atom stereocenters. The molecule has 5 heteroatoms. The van der Waals surface area contributed by atoms with E-state index in [0.29, 0.717) is 11.4 Å². The third-order valence-corrected chi connectivity index (χ3v) is 3.13. The van der Waals surface area contributed by atoms with E-state index in [-0.39, 0.29) is 5.84 Å². The van der Waals surface area contributed by atoms with Gasteiger partial charge in [-0.15, -0.1) is 5.10 Å². The number of hydrogen-bond acceptors (Lipinski definition) is 4. The topological polar surface area (TPSA) is 78.9 Å². The Morgan fingerprint density at radius 1 is 1.17 bits per heavy atom. The van der Waals surface area contributed by atoms with Gasteiger partial charge in [0.1, 0.15) is 5.84 Å². The van der Waals surface area contributed by atoms with Gasteiger partial charge in [-0.1, -0.05) is 24.3 Å². The van der Waals surface area contributed by atoms with Crippen LogP contribution in [0.15, 0.2) is 36.5 Å². The summed E-state index contributed by atoms with van der Waals surface area (Å²) >= 11 is 0. The molecule has 0 atom stereocenters. The van der Waals surface area contributed by atoms with E-state index in [9.17, 15) is 0 Å². The van der Waals surface area contributed by atoms with Gasteiger partial charge in [-0.2, -0.15) is 5.10 Å². The molecule has 5 nitrogen and oxygen atoms in total. The van der Waals surface area contributed by atoms with Crippen molar-refractivity contribution in [2.75, 3.05) is 4.90 Å². The van der Waals surface area contributed by atoms with Gasteiger partial charge >= 0.3 is 0 Å². The average Bonchev–Trinajstić information content (AvgIpc) is 2.82. The molecule has 0 fully saturated rings. The molecule has 0 amide bonds. The van der Waals surface area contributed by atoms with Gasteiger partial charge in [0, 0.05) is 13.1 Å². The molecule has 0 saturated heterocycles. The van der Waals surface area contributed by atoms with Gasteiger partial charge in [0.05, 0.1) is 11.8 Å². The quantitative estimate of drug-likeness (QED) is 0.611. The number of fused-ring (bicyclic) bond motifs is 1. The summed E-state index contributed by atoms with van der Waals surface area (Å²) in [6.07, 6.45) is 1.56. The molecule has 1 aromatic heterocycles. The Hall–Kier alpha value is -2.43. The van der Waals surface area contributed by atoms with Gasteiger partial charge in [0.25, 0.3) is 0 Å². The van der Waals surface area contributed by atoms with E-state index >= 15 is 0 Å². The van der Waals surface area contributed by atoms with Gasteiger partial charge in [0.2, 0.25) is 0 Å². The van der Waals surface area contributed by atoms with E-state index in [2.05, 4.69) is 27.2 Å². The lowest BCUT2D eigenvalue weighted by Crippen LogP contribution is -2.22. The smallest absolute Gasteiger partial charge is 0.162 e. The van der Waals surface area contributed by atoms with E-state index in [1.807, 2.05) is 12.1 Å². The Bertz CT molecular complexity index is 583. The number of nitrogens with zero attached hydrogens (tertiary/aromatic N) is 3. The van der Waals surface area contributed by atoms with Gasteiger partial charge in [-0.05, 0) is 17.2 Å². The van der Waals surface area contributed by atoms with Crippen molar-refractivity contribution in [2.45, 2.75) is 13.1 Å². The van der Waals surface area contributed by atoms with Crippen LogP contribution in [-0.4, -0.2) is 16.0 Å². The molecule has 2 aromatic rings. The molecule has 1 aliphatic heterocycles. The summed E-state index contributed by atoms with van der Waals surface area (Å²) in [6, 6.07) is 10.0. The van der Waals surface area contributed by atoms with Crippen molar-refractivity contribution in [3.8, 4) is 0 Å². The molecule has 0 spiro atoms. The number of nitrogen functional groups attached to an aromatic ring is 1.